The molecule has 3 heterocycles. The minimum atomic E-state index is -0.630. The summed E-state index contributed by atoms with van der Waals surface area (Å²) in [4.78, 5) is 31.2. The number of non-ortho nitro benzene ring substituents is 1. The highest BCUT2D eigenvalue weighted by atomic mass is 32.1. The first-order valence-corrected chi connectivity index (χ1v) is 11.9. The molecule has 0 N–H and O–H groups in total. The molecule has 0 radical (unpaired) electrons. The molecule has 4 rings (SSSR count). The van der Waals surface area contributed by atoms with E-state index in [1.54, 1.807) is 19.1 Å². The third-order valence-electron chi connectivity index (χ3n) is 6.25. The fraction of sp³-hybridized carbons (Fsp3) is 0.522. The topological polar surface area (TPSA) is 97.9 Å². The van der Waals surface area contributed by atoms with E-state index in [1.807, 2.05) is 13.0 Å². The van der Waals surface area contributed by atoms with E-state index in [1.165, 1.54) is 36.9 Å². The summed E-state index contributed by atoms with van der Waals surface area (Å²) in [6, 6.07) is 6.55. The number of nitro benzene ring substituents is 1. The van der Waals surface area contributed by atoms with E-state index in [4.69, 9.17) is 14.1 Å². The smallest absolute Gasteiger partial charge is 0.315 e. The van der Waals surface area contributed by atoms with E-state index < -0.39 is 16.8 Å². The third-order valence-corrected chi connectivity index (χ3v) is 7.05. The second-order valence-electron chi connectivity index (χ2n) is 8.31. The molecule has 0 saturated carbocycles. The number of nitro groups is 1. The van der Waals surface area contributed by atoms with Gasteiger partial charge in [-0.2, -0.15) is 4.37 Å². The van der Waals surface area contributed by atoms with Crippen LogP contribution in [0.1, 0.15) is 55.8 Å². The molecule has 2 aromatic rings. The molecule has 1 aromatic carbocycles. The van der Waals surface area contributed by atoms with Crippen LogP contribution in [0, 0.1) is 16.0 Å². The van der Waals surface area contributed by atoms with Crippen molar-refractivity contribution in [3.05, 3.63) is 51.2 Å². The van der Waals surface area contributed by atoms with Gasteiger partial charge in [0.1, 0.15) is 10.9 Å². The van der Waals surface area contributed by atoms with Crippen molar-refractivity contribution in [3.63, 3.8) is 0 Å². The normalized spacial score (nSPS) is 21.0. The van der Waals surface area contributed by atoms with Gasteiger partial charge < -0.3 is 9.64 Å². The average Bonchev–Trinajstić information content (AvgIpc) is 3.20. The predicted octanol–water partition coefficient (Wildman–Crippen LogP) is 4.50. The van der Waals surface area contributed by atoms with Crippen LogP contribution in [0.4, 0.5) is 10.7 Å². The Morgan fingerprint density at radius 1 is 1.31 bits per heavy atom. The molecule has 1 fully saturated rings. The number of nitrogens with zero attached hydrogens (tertiary/aromatic N) is 4. The summed E-state index contributed by atoms with van der Waals surface area (Å²) in [5, 5.41) is 12.2. The Kier molecular flexibility index (Phi) is 6.95. The predicted molar refractivity (Wildman–Crippen MR) is 124 cm³/mol. The molecule has 2 aliphatic rings. The summed E-state index contributed by atoms with van der Waals surface area (Å²) < 4.78 is 10.1. The fourth-order valence-corrected chi connectivity index (χ4v) is 5.62. The zero-order valence-corrected chi connectivity index (χ0v) is 19.3. The van der Waals surface area contributed by atoms with Crippen molar-refractivity contribution in [1.29, 1.82) is 0 Å². The van der Waals surface area contributed by atoms with E-state index in [0.717, 1.165) is 42.3 Å². The zero-order chi connectivity index (χ0) is 22.7. The highest BCUT2D eigenvalue weighted by Gasteiger charge is 2.41. The molecule has 170 valence electrons. The molecule has 0 aliphatic carbocycles. The summed E-state index contributed by atoms with van der Waals surface area (Å²) in [7, 11) is 0. The van der Waals surface area contributed by atoms with Gasteiger partial charge in [0, 0.05) is 42.3 Å². The first kappa shape index (κ1) is 22.5. The maximum Gasteiger partial charge on any atom is 0.315 e. The molecule has 1 aromatic heterocycles. The molecule has 1 saturated heterocycles. The molecule has 0 amide bonds. The Morgan fingerprint density at radius 2 is 2.09 bits per heavy atom. The van der Waals surface area contributed by atoms with Crippen molar-refractivity contribution >= 4 is 33.9 Å². The highest BCUT2D eigenvalue weighted by molar-refractivity contribution is 7.10. The van der Waals surface area contributed by atoms with Crippen molar-refractivity contribution < 1.29 is 14.5 Å². The summed E-state index contributed by atoms with van der Waals surface area (Å²) >= 11 is 1.34. The van der Waals surface area contributed by atoms with Gasteiger partial charge in [-0.15, -0.1) is 0 Å². The van der Waals surface area contributed by atoms with Gasteiger partial charge in [-0.1, -0.05) is 18.6 Å². The van der Waals surface area contributed by atoms with Crippen LogP contribution in [0.5, 0.6) is 0 Å². The minimum Gasteiger partial charge on any atom is -0.465 e. The van der Waals surface area contributed by atoms with Gasteiger partial charge in [0.05, 0.1) is 17.2 Å². The van der Waals surface area contributed by atoms with Crippen molar-refractivity contribution in [2.45, 2.75) is 45.4 Å². The molecule has 0 bridgehead atoms. The number of carbonyl (C=O) groups is 1. The van der Waals surface area contributed by atoms with Crippen LogP contribution in [0.25, 0.3) is 0 Å². The van der Waals surface area contributed by atoms with Crippen molar-refractivity contribution in [2.75, 3.05) is 26.2 Å². The lowest BCUT2D eigenvalue weighted by Gasteiger charge is -2.30. The van der Waals surface area contributed by atoms with E-state index in [-0.39, 0.29) is 18.3 Å². The molecule has 2 unspecified atom stereocenters. The quantitative estimate of drug-likeness (QED) is 0.346. The number of aromatic nitrogens is 1. The van der Waals surface area contributed by atoms with E-state index in [9.17, 15) is 14.9 Å². The molecular weight excluding hydrogens is 428 g/mol. The highest BCUT2D eigenvalue weighted by Crippen LogP contribution is 2.47. The van der Waals surface area contributed by atoms with E-state index in [0.29, 0.717) is 11.3 Å². The van der Waals surface area contributed by atoms with E-state index >= 15 is 0 Å². The van der Waals surface area contributed by atoms with Crippen molar-refractivity contribution in [2.24, 2.45) is 10.9 Å². The molecular formula is C23H28N4O4S. The number of piperidine rings is 1. The van der Waals surface area contributed by atoms with Crippen LogP contribution in [0.2, 0.25) is 0 Å². The number of likely N-dealkylation sites (tertiary alicyclic amines) is 1. The first-order chi connectivity index (χ1) is 15.5. The molecule has 8 nitrogen and oxygen atoms in total. The van der Waals surface area contributed by atoms with Crippen LogP contribution in [-0.2, 0) is 16.0 Å². The second-order valence-corrected chi connectivity index (χ2v) is 9.06. The number of fused-ring (bicyclic) bond motifs is 1. The molecule has 32 heavy (non-hydrogen) atoms. The Bertz CT molecular complexity index is 1030. The number of hydrogen-bond acceptors (Lipinski definition) is 8. The maximum atomic E-state index is 13.0. The lowest BCUT2D eigenvalue weighted by atomic mass is 9.76. The molecule has 0 spiro atoms. The van der Waals surface area contributed by atoms with Crippen molar-refractivity contribution in [3.8, 4) is 0 Å². The lowest BCUT2D eigenvalue weighted by molar-refractivity contribution is -0.384. The number of rotatable bonds is 7. The van der Waals surface area contributed by atoms with Crippen LogP contribution in [0.15, 0.2) is 29.3 Å². The van der Waals surface area contributed by atoms with Crippen LogP contribution < -0.4 is 0 Å². The Balaban J connectivity index is 1.74. The summed E-state index contributed by atoms with van der Waals surface area (Å²) in [5.74, 6) is -1.39. The summed E-state index contributed by atoms with van der Waals surface area (Å²) in [6.07, 6.45) is 4.49. The molecule has 2 aliphatic heterocycles. The Hall–Kier alpha value is -2.65. The van der Waals surface area contributed by atoms with Gasteiger partial charge in [-0.05, 0) is 56.9 Å². The SMILES string of the molecule is CCOC(=O)C1C(C)=Nc2snc(CCN3CCCCC3)c2C1c1cccc([N+](=O)[O-])c1. The number of carbonyl (C=O) groups excluding carboxylic acids is 1. The molecule has 9 heteroatoms. The van der Waals surface area contributed by atoms with Crippen LogP contribution in [-0.4, -0.2) is 52.1 Å². The average molecular weight is 457 g/mol. The monoisotopic (exact) mass is 456 g/mol. The van der Waals surface area contributed by atoms with Gasteiger partial charge >= 0.3 is 5.97 Å². The summed E-state index contributed by atoms with van der Waals surface area (Å²) in [6.45, 7) is 6.97. The fourth-order valence-electron chi connectivity index (χ4n) is 4.71. The minimum absolute atomic E-state index is 0.00452. The maximum absolute atomic E-state index is 13.0. The zero-order valence-electron chi connectivity index (χ0n) is 18.5. The summed E-state index contributed by atoms with van der Waals surface area (Å²) in [5.41, 5.74) is 3.21. The van der Waals surface area contributed by atoms with Crippen LogP contribution >= 0.6 is 11.5 Å². The van der Waals surface area contributed by atoms with Gasteiger partial charge in [-0.25, -0.2) is 4.99 Å². The largest absolute Gasteiger partial charge is 0.465 e. The number of aliphatic imine (C=N–C) groups is 1. The standard InChI is InChI=1S/C23H28N4O4S/c1-3-31-23(28)19-15(2)24-22-21(20(19)16-8-7-9-17(14-16)27(29)30)18(25-32-22)10-13-26-11-5-4-6-12-26/h7-9,14,19-20H,3-6,10-13H2,1-2H3. The van der Waals surface area contributed by atoms with Gasteiger partial charge in [-0.3, -0.25) is 14.9 Å². The van der Waals surface area contributed by atoms with Crippen LogP contribution in [0.3, 0.4) is 0 Å². The third kappa shape index (κ3) is 4.59. The van der Waals surface area contributed by atoms with Crippen molar-refractivity contribution in [1.82, 2.24) is 9.27 Å². The number of ether oxygens (including phenoxy) is 1. The van der Waals surface area contributed by atoms with Gasteiger partial charge in [0.2, 0.25) is 0 Å². The van der Waals surface area contributed by atoms with Gasteiger partial charge in [0.15, 0.2) is 0 Å². The Morgan fingerprint density at radius 3 is 2.81 bits per heavy atom. The Labute approximate surface area is 191 Å². The van der Waals surface area contributed by atoms with Gasteiger partial charge in [0.25, 0.3) is 5.69 Å². The number of benzene rings is 1. The second kappa shape index (κ2) is 9.87. The first-order valence-electron chi connectivity index (χ1n) is 11.2. The lowest BCUT2D eigenvalue weighted by Crippen LogP contribution is -2.34. The number of esters is 1. The number of hydrogen-bond donors (Lipinski definition) is 0. The molecule has 2 atom stereocenters. The van der Waals surface area contributed by atoms with E-state index in [2.05, 4.69) is 4.90 Å².